The lowest BCUT2D eigenvalue weighted by atomic mass is 10.1. The third-order valence-corrected chi connectivity index (χ3v) is 3.58. The number of carbonyl (C=O) groups excluding carboxylic acids is 1. The van der Waals surface area contributed by atoms with E-state index in [1.54, 1.807) is 11.4 Å². The molecular weight excluding hydrogens is 263 g/mol. The number of thiophene rings is 1. The Hall–Kier alpha value is -1.39. The first kappa shape index (κ1) is 12.1. The fraction of sp³-hybridized carbons (Fsp3) is 0.0833. The summed E-state index contributed by atoms with van der Waals surface area (Å²) >= 11 is 7.03. The molecule has 0 aliphatic rings. The van der Waals surface area contributed by atoms with Gasteiger partial charge < -0.3 is 4.74 Å². The number of rotatable bonds is 3. The Morgan fingerprint density at radius 1 is 1.41 bits per heavy atom. The first-order valence-corrected chi connectivity index (χ1v) is 6.00. The van der Waals surface area contributed by atoms with Crippen molar-refractivity contribution in [2.24, 2.45) is 0 Å². The summed E-state index contributed by atoms with van der Waals surface area (Å²) in [5, 5.41) is 2.03. The molecule has 2 aromatic rings. The molecule has 0 N–H and O–H groups in total. The van der Waals surface area contributed by atoms with Crippen LogP contribution < -0.4 is 4.74 Å². The lowest BCUT2D eigenvalue weighted by molar-refractivity contribution is 0.103. The fourth-order valence-electron chi connectivity index (χ4n) is 1.39. The van der Waals surface area contributed by atoms with Gasteiger partial charge in [0.05, 0.1) is 22.6 Å². The Morgan fingerprint density at radius 3 is 2.71 bits per heavy atom. The lowest BCUT2D eigenvalue weighted by Crippen LogP contribution is -2.03. The Balaban J connectivity index is 2.41. The second kappa shape index (κ2) is 4.85. The van der Waals surface area contributed by atoms with Gasteiger partial charge in [0.25, 0.3) is 0 Å². The second-order valence-electron chi connectivity index (χ2n) is 3.27. The molecule has 2 nitrogen and oxygen atoms in total. The number of ketones is 1. The number of hydrogen-bond donors (Lipinski definition) is 0. The molecule has 0 radical (unpaired) electrons. The van der Waals surface area contributed by atoms with Crippen molar-refractivity contribution in [2.45, 2.75) is 0 Å². The molecule has 1 aromatic carbocycles. The van der Waals surface area contributed by atoms with Gasteiger partial charge in [-0.15, -0.1) is 11.3 Å². The summed E-state index contributed by atoms with van der Waals surface area (Å²) in [6, 6.07) is 5.72. The van der Waals surface area contributed by atoms with E-state index in [-0.39, 0.29) is 5.56 Å². The summed E-state index contributed by atoms with van der Waals surface area (Å²) in [6.45, 7) is 0. The fourth-order valence-corrected chi connectivity index (χ4v) is 2.48. The van der Waals surface area contributed by atoms with Gasteiger partial charge in [0.2, 0.25) is 5.78 Å². The van der Waals surface area contributed by atoms with Gasteiger partial charge in [-0.05, 0) is 23.6 Å². The maximum atomic E-state index is 13.7. The van der Waals surface area contributed by atoms with Crippen LogP contribution in [0.2, 0.25) is 5.02 Å². The first-order valence-electron chi connectivity index (χ1n) is 4.74. The summed E-state index contributed by atoms with van der Waals surface area (Å²) in [5.41, 5.74) is -0.00449. The average Bonchev–Trinajstić information content (AvgIpc) is 2.74. The van der Waals surface area contributed by atoms with Crippen LogP contribution in [-0.4, -0.2) is 12.9 Å². The van der Waals surface area contributed by atoms with Crippen LogP contribution in [0.1, 0.15) is 15.2 Å². The molecule has 0 saturated carbocycles. The van der Waals surface area contributed by atoms with E-state index in [1.807, 2.05) is 0 Å². The molecule has 2 rings (SSSR count). The standard InChI is InChI=1S/C12H8ClFO2S/c1-16-7-2-3-8(10(14)6-7)11(15)12-9(13)4-5-17-12/h2-6H,1H3. The molecule has 0 fully saturated rings. The smallest absolute Gasteiger partial charge is 0.207 e. The molecule has 0 unspecified atom stereocenters. The van der Waals surface area contributed by atoms with E-state index in [9.17, 15) is 9.18 Å². The van der Waals surface area contributed by atoms with Crippen molar-refractivity contribution >= 4 is 28.7 Å². The number of methoxy groups -OCH3 is 1. The van der Waals surface area contributed by atoms with Gasteiger partial charge in [0.1, 0.15) is 11.6 Å². The van der Waals surface area contributed by atoms with Gasteiger partial charge in [-0.3, -0.25) is 4.79 Å². The summed E-state index contributed by atoms with van der Waals surface area (Å²) in [6.07, 6.45) is 0. The highest BCUT2D eigenvalue weighted by atomic mass is 35.5. The Kier molecular flexibility index (Phi) is 3.45. The summed E-state index contributed by atoms with van der Waals surface area (Å²) < 4.78 is 18.5. The average molecular weight is 271 g/mol. The predicted molar refractivity (Wildman–Crippen MR) is 65.7 cm³/mol. The topological polar surface area (TPSA) is 26.3 Å². The van der Waals surface area contributed by atoms with E-state index in [0.29, 0.717) is 15.6 Å². The van der Waals surface area contributed by atoms with E-state index in [4.69, 9.17) is 16.3 Å². The quantitative estimate of drug-likeness (QED) is 0.794. The van der Waals surface area contributed by atoms with Crippen LogP contribution >= 0.6 is 22.9 Å². The number of ether oxygens (including phenoxy) is 1. The van der Waals surface area contributed by atoms with Crippen molar-refractivity contribution < 1.29 is 13.9 Å². The van der Waals surface area contributed by atoms with Crippen LogP contribution in [0, 0.1) is 5.82 Å². The minimum atomic E-state index is -0.612. The van der Waals surface area contributed by atoms with Gasteiger partial charge in [-0.1, -0.05) is 11.6 Å². The van der Waals surface area contributed by atoms with Gasteiger partial charge in [-0.25, -0.2) is 4.39 Å². The molecule has 0 saturated heterocycles. The molecule has 5 heteroatoms. The Morgan fingerprint density at radius 2 is 2.18 bits per heavy atom. The van der Waals surface area contributed by atoms with Crippen LogP contribution in [0.25, 0.3) is 0 Å². The van der Waals surface area contributed by atoms with Crippen LogP contribution in [0.15, 0.2) is 29.6 Å². The molecule has 0 atom stereocenters. The molecule has 0 aliphatic heterocycles. The molecule has 0 amide bonds. The van der Waals surface area contributed by atoms with E-state index in [0.717, 1.165) is 0 Å². The molecule has 0 bridgehead atoms. The van der Waals surface area contributed by atoms with Crippen molar-refractivity contribution in [3.05, 3.63) is 50.9 Å². The zero-order valence-corrected chi connectivity index (χ0v) is 10.4. The SMILES string of the molecule is COc1ccc(C(=O)c2sccc2Cl)c(F)c1. The lowest BCUT2D eigenvalue weighted by Gasteiger charge is -2.04. The maximum absolute atomic E-state index is 13.7. The number of hydrogen-bond acceptors (Lipinski definition) is 3. The van der Waals surface area contributed by atoms with Crippen molar-refractivity contribution in [1.29, 1.82) is 0 Å². The zero-order chi connectivity index (χ0) is 12.4. The highest BCUT2D eigenvalue weighted by molar-refractivity contribution is 7.13. The third-order valence-electron chi connectivity index (χ3n) is 2.24. The first-order chi connectivity index (χ1) is 8.13. The summed E-state index contributed by atoms with van der Waals surface area (Å²) in [7, 11) is 1.44. The minimum Gasteiger partial charge on any atom is -0.497 e. The van der Waals surface area contributed by atoms with Gasteiger partial charge >= 0.3 is 0 Å². The van der Waals surface area contributed by atoms with E-state index < -0.39 is 11.6 Å². The summed E-state index contributed by atoms with van der Waals surface area (Å²) in [4.78, 5) is 12.3. The molecule has 0 spiro atoms. The Bertz CT molecular complexity index is 565. The largest absolute Gasteiger partial charge is 0.497 e. The van der Waals surface area contributed by atoms with Gasteiger partial charge in [0, 0.05) is 6.07 Å². The molecule has 88 valence electrons. The molecule has 1 aromatic heterocycles. The van der Waals surface area contributed by atoms with E-state index in [2.05, 4.69) is 0 Å². The third kappa shape index (κ3) is 2.33. The molecule has 17 heavy (non-hydrogen) atoms. The number of benzene rings is 1. The van der Waals surface area contributed by atoms with Crippen LogP contribution in [0.4, 0.5) is 4.39 Å². The summed E-state index contributed by atoms with van der Waals surface area (Å²) in [5.74, 6) is -0.653. The number of halogens is 2. The van der Waals surface area contributed by atoms with Crippen molar-refractivity contribution in [3.63, 3.8) is 0 Å². The van der Waals surface area contributed by atoms with Crippen LogP contribution in [-0.2, 0) is 0 Å². The molecule has 0 aliphatic carbocycles. The second-order valence-corrected chi connectivity index (χ2v) is 4.60. The van der Waals surface area contributed by atoms with E-state index >= 15 is 0 Å². The van der Waals surface area contributed by atoms with Crippen LogP contribution in [0.3, 0.4) is 0 Å². The molecule has 1 heterocycles. The Labute approximate surface area is 107 Å². The van der Waals surface area contributed by atoms with Crippen LogP contribution in [0.5, 0.6) is 5.75 Å². The van der Waals surface area contributed by atoms with Gasteiger partial charge in [-0.2, -0.15) is 0 Å². The monoisotopic (exact) mass is 270 g/mol. The predicted octanol–water partition coefficient (Wildman–Crippen LogP) is 3.78. The van der Waals surface area contributed by atoms with E-state index in [1.165, 1.54) is 36.6 Å². The van der Waals surface area contributed by atoms with Gasteiger partial charge in [0.15, 0.2) is 0 Å². The number of carbonyl (C=O) groups is 1. The maximum Gasteiger partial charge on any atom is 0.207 e. The minimum absolute atomic E-state index is 0.00449. The zero-order valence-electron chi connectivity index (χ0n) is 8.87. The van der Waals surface area contributed by atoms with Crippen molar-refractivity contribution in [2.75, 3.05) is 7.11 Å². The highest BCUT2D eigenvalue weighted by Gasteiger charge is 2.18. The highest BCUT2D eigenvalue weighted by Crippen LogP contribution is 2.27. The normalized spacial score (nSPS) is 10.3. The van der Waals surface area contributed by atoms with Crippen molar-refractivity contribution in [3.8, 4) is 5.75 Å². The van der Waals surface area contributed by atoms with Crippen molar-refractivity contribution in [1.82, 2.24) is 0 Å². The molecular formula is C12H8ClFO2S.